The maximum absolute atomic E-state index is 11.8. The van der Waals surface area contributed by atoms with Crippen LogP contribution < -0.4 is 5.32 Å². The Morgan fingerprint density at radius 3 is 2.28 bits per heavy atom. The summed E-state index contributed by atoms with van der Waals surface area (Å²) in [6, 6.07) is 0.111. The Bertz CT molecular complexity index is 353. The molecule has 18 heavy (non-hydrogen) atoms. The van der Waals surface area contributed by atoms with E-state index in [0.717, 1.165) is 25.3 Å². The normalized spacial score (nSPS) is 33.1. The highest BCUT2D eigenvalue weighted by atomic mass is 32.2. The zero-order valence-electron chi connectivity index (χ0n) is 12.4. The zero-order chi connectivity index (χ0) is 13.9. The van der Waals surface area contributed by atoms with Crippen LogP contribution in [0.15, 0.2) is 0 Å². The standard InChI is InChI=1S/C14H29NO2S/c1-6-15-14(12(4)18(5,16)17)13-8-7-10(2)11(3)9-13/h10-15H,6-9H2,1-5H3. The van der Waals surface area contributed by atoms with E-state index in [4.69, 9.17) is 0 Å². The average molecular weight is 275 g/mol. The molecule has 108 valence electrons. The van der Waals surface area contributed by atoms with E-state index in [1.54, 1.807) is 0 Å². The van der Waals surface area contributed by atoms with Gasteiger partial charge in [0.2, 0.25) is 0 Å². The number of nitrogens with one attached hydrogen (secondary N) is 1. The largest absolute Gasteiger partial charge is 0.313 e. The predicted octanol–water partition coefficient (Wildman–Crippen LogP) is 2.47. The van der Waals surface area contributed by atoms with Crippen molar-refractivity contribution in [3.63, 3.8) is 0 Å². The minimum atomic E-state index is -2.97. The summed E-state index contributed by atoms with van der Waals surface area (Å²) in [7, 11) is -2.97. The van der Waals surface area contributed by atoms with E-state index in [9.17, 15) is 8.42 Å². The van der Waals surface area contributed by atoms with Crippen molar-refractivity contribution in [1.29, 1.82) is 0 Å². The lowest BCUT2D eigenvalue weighted by molar-refractivity contribution is 0.170. The van der Waals surface area contributed by atoms with Crippen molar-refractivity contribution in [3.8, 4) is 0 Å². The molecule has 1 saturated carbocycles. The van der Waals surface area contributed by atoms with Gasteiger partial charge in [-0.05, 0) is 44.1 Å². The Morgan fingerprint density at radius 1 is 1.22 bits per heavy atom. The Hall–Kier alpha value is -0.0900. The van der Waals surface area contributed by atoms with Gasteiger partial charge in [-0.3, -0.25) is 0 Å². The van der Waals surface area contributed by atoms with E-state index in [-0.39, 0.29) is 11.3 Å². The highest BCUT2D eigenvalue weighted by molar-refractivity contribution is 7.91. The van der Waals surface area contributed by atoms with Crippen LogP contribution in [-0.4, -0.2) is 32.5 Å². The van der Waals surface area contributed by atoms with Crippen LogP contribution in [0.1, 0.15) is 47.0 Å². The van der Waals surface area contributed by atoms with E-state index in [1.807, 2.05) is 6.92 Å². The smallest absolute Gasteiger partial charge is 0.151 e. The van der Waals surface area contributed by atoms with Gasteiger partial charge in [-0.25, -0.2) is 8.42 Å². The molecule has 0 aromatic rings. The molecule has 3 nitrogen and oxygen atoms in total. The molecule has 0 aromatic heterocycles. The van der Waals surface area contributed by atoms with Crippen molar-refractivity contribution >= 4 is 9.84 Å². The molecule has 0 bridgehead atoms. The number of hydrogen-bond acceptors (Lipinski definition) is 3. The molecule has 1 aliphatic carbocycles. The second-order valence-electron chi connectivity index (χ2n) is 6.15. The molecular weight excluding hydrogens is 246 g/mol. The highest BCUT2D eigenvalue weighted by Crippen LogP contribution is 2.36. The molecule has 1 aliphatic rings. The van der Waals surface area contributed by atoms with E-state index >= 15 is 0 Å². The first-order valence-corrected chi connectivity index (χ1v) is 9.15. The first-order chi connectivity index (χ1) is 8.27. The Morgan fingerprint density at radius 2 is 1.83 bits per heavy atom. The van der Waals surface area contributed by atoms with Gasteiger partial charge in [0.1, 0.15) is 0 Å². The molecule has 0 aromatic carbocycles. The lowest BCUT2D eigenvalue weighted by Crippen LogP contribution is -2.49. The minimum Gasteiger partial charge on any atom is -0.313 e. The van der Waals surface area contributed by atoms with Crippen LogP contribution in [0, 0.1) is 17.8 Å². The fourth-order valence-electron chi connectivity index (χ4n) is 3.13. The summed E-state index contributed by atoms with van der Waals surface area (Å²) in [4.78, 5) is 0. The van der Waals surface area contributed by atoms with Crippen molar-refractivity contribution in [2.75, 3.05) is 12.8 Å². The van der Waals surface area contributed by atoms with Gasteiger partial charge in [0, 0.05) is 12.3 Å². The van der Waals surface area contributed by atoms with Crippen molar-refractivity contribution in [1.82, 2.24) is 5.32 Å². The fourth-order valence-corrected chi connectivity index (χ4v) is 3.98. The molecule has 1 N–H and O–H groups in total. The summed E-state index contributed by atoms with van der Waals surface area (Å²) in [5.41, 5.74) is 0. The molecule has 1 fully saturated rings. The van der Waals surface area contributed by atoms with Crippen molar-refractivity contribution in [3.05, 3.63) is 0 Å². The van der Waals surface area contributed by atoms with Crippen molar-refractivity contribution in [2.45, 2.75) is 58.2 Å². The molecule has 0 aliphatic heterocycles. The van der Waals surface area contributed by atoms with Gasteiger partial charge >= 0.3 is 0 Å². The monoisotopic (exact) mass is 275 g/mol. The number of hydrogen-bond donors (Lipinski definition) is 1. The van der Waals surface area contributed by atoms with Crippen molar-refractivity contribution < 1.29 is 8.42 Å². The third-order valence-corrected chi connectivity index (χ3v) is 6.41. The van der Waals surface area contributed by atoms with Crippen LogP contribution in [0.25, 0.3) is 0 Å². The second-order valence-corrected chi connectivity index (χ2v) is 8.55. The molecule has 1 rings (SSSR count). The van der Waals surface area contributed by atoms with Gasteiger partial charge in [-0.2, -0.15) is 0 Å². The van der Waals surface area contributed by atoms with E-state index in [1.165, 1.54) is 12.7 Å². The Labute approximate surface area is 113 Å². The van der Waals surface area contributed by atoms with E-state index in [0.29, 0.717) is 11.8 Å². The molecule has 0 spiro atoms. The molecule has 0 radical (unpaired) electrons. The van der Waals surface area contributed by atoms with Crippen LogP contribution in [0.2, 0.25) is 0 Å². The first kappa shape index (κ1) is 16.0. The molecule has 0 heterocycles. The third-order valence-electron chi connectivity index (χ3n) is 4.77. The fraction of sp³-hybridized carbons (Fsp3) is 1.00. The van der Waals surface area contributed by atoms with Crippen LogP contribution in [0.4, 0.5) is 0 Å². The average Bonchev–Trinajstić information content (AvgIpc) is 2.28. The summed E-state index contributed by atoms with van der Waals surface area (Å²) in [5, 5.41) is 3.13. The van der Waals surface area contributed by atoms with E-state index in [2.05, 4.69) is 26.1 Å². The first-order valence-electron chi connectivity index (χ1n) is 7.19. The molecule has 0 amide bonds. The van der Waals surface area contributed by atoms with Crippen LogP contribution >= 0.6 is 0 Å². The highest BCUT2D eigenvalue weighted by Gasteiger charge is 2.35. The topological polar surface area (TPSA) is 46.2 Å². The SMILES string of the molecule is CCNC(C1CCC(C)C(C)C1)C(C)S(C)(=O)=O. The van der Waals surface area contributed by atoms with Crippen molar-refractivity contribution in [2.24, 2.45) is 17.8 Å². The number of rotatable bonds is 5. The van der Waals surface area contributed by atoms with E-state index < -0.39 is 9.84 Å². The van der Waals surface area contributed by atoms with Crippen LogP contribution in [0.5, 0.6) is 0 Å². The quantitative estimate of drug-likeness (QED) is 0.838. The van der Waals surface area contributed by atoms with Crippen LogP contribution in [0.3, 0.4) is 0 Å². The lowest BCUT2D eigenvalue weighted by Gasteiger charge is -2.39. The molecule has 4 heteroatoms. The van der Waals surface area contributed by atoms with Gasteiger partial charge < -0.3 is 5.32 Å². The Kier molecular flexibility index (Phi) is 5.66. The minimum absolute atomic E-state index is 0.111. The summed E-state index contributed by atoms with van der Waals surface area (Å²) in [6.07, 6.45) is 4.89. The zero-order valence-corrected chi connectivity index (χ0v) is 13.3. The molecule has 5 atom stereocenters. The molecular formula is C14H29NO2S. The predicted molar refractivity (Wildman–Crippen MR) is 77.4 cm³/mol. The molecule has 5 unspecified atom stereocenters. The van der Waals surface area contributed by atoms with Gasteiger partial charge in [-0.15, -0.1) is 0 Å². The third kappa shape index (κ3) is 3.95. The molecule has 0 saturated heterocycles. The Balaban J connectivity index is 2.79. The summed E-state index contributed by atoms with van der Waals surface area (Å²) < 4.78 is 23.6. The van der Waals surface area contributed by atoms with Crippen LogP contribution in [-0.2, 0) is 9.84 Å². The van der Waals surface area contributed by atoms with Gasteiger partial charge in [0.25, 0.3) is 0 Å². The summed E-state index contributed by atoms with van der Waals surface area (Å²) in [6.45, 7) is 9.35. The van der Waals surface area contributed by atoms with Gasteiger partial charge in [0.15, 0.2) is 9.84 Å². The maximum atomic E-state index is 11.8. The second kappa shape index (κ2) is 6.38. The maximum Gasteiger partial charge on any atom is 0.151 e. The summed E-state index contributed by atoms with van der Waals surface area (Å²) >= 11 is 0. The summed E-state index contributed by atoms with van der Waals surface area (Å²) in [5.74, 6) is 1.98. The lowest BCUT2D eigenvalue weighted by atomic mass is 9.72. The van der Waals surface area contributed by atoms with Gasteiger partial charge in [-0.1, -0.05) is 27.2 Å². The van der Waals surface area contributed by atoms with Gasteiger partial charge in [0.05, 0.1) is 5.25 Å². The number of sulfone groups is 1.